The van der Waals surface area contributed by atoms with Crippen LogP contribution in [0.25, 0.3) is 0 Å². The van der Waals surface area contributed by atoms with Gasteiger partial charge in [-0.15, -0.1) is 0 Å². The van der Waals surface area contributed by atoms with E-state index in [2.05, 4.69) is 10.3 Å². The van der Waals surface area contributed by atoms with Crippen LogP contribution >= 0.6 is 0 Å². The van der Waals surface area contributed by atoms with E-state index < -0.39 is 4.92 Å². The average Bonchev–Trinajstić information content (AvgIpc) is 2.46. The molecule has 7 nitrogen and oxygen atoms in total. The van der Waals surface area contributed by atoms with E-state index in [0.717, 1.165) is 25.7 Å². The number of nitrogens with zero attached hydrogens (tertiary/aromatic N) is 2. The van der Waals surface area contributed by atoms with Gasteiger partial charge in [-0.3, -0.25) is 10.1 Å². The number of hydrogen-bond donors (Lipinski definition) is 2. The second-order valence-corrected chi connectivity index (χ2v) is 4.97. The minimum atomic E-state index is -0.480. The molecule has 2 N–H and O–H groups in total. The summed E-state index contributed by atoms with van der Waals surface area (Å²) < 4.78 is 4.98. The van der Waals surface area contributed by atoms with E-state index in [-0.39, 0.29) is 23.5 Å². The molecule has 20 heavy (non-hydrogen) atoms. The molecule has 1 heterocycles. The molecule has 0 aromatic carbocycles. The Balaban J connectivity index is 2.08. The minimum Gasteiger partial charge on any atom is -0.481 e. The number of aliphatic hydroxyl groups is 1. The van der Waals surface area contributed by atoms with Gasteiger partial charge in [0, 0.05) is 24.6 Å². The Hall–Kier alpha value is -1.89. The summed E-state index contributed by atoms with van der Waals surface area (Å²) in [6.07, 6.45) is 3.49. The van der Waals surface area contributed by atoms with Crippen LogP contribution in [0.5, 0.6) is 5.88 Å². The van der Waals surface area contributed by atoms with Gasteiger partial charge in [0.25, 0.3) is 0 Å². The van der Waals surface area contributed by atoms with Gasteiger partial charge in [0.2, 0.25) is 11.7 Å². The number of rotatable bonds is 5. The second kappa shape index (κ2) is 6.51. The van der Waals surface area contributed by atoms with E-state index >= 15 is 0 Å². The highest BCUT2D eigenvalue weighted by Crippen LogP contribution is 2.28. The number of pyridine rings is 1. The Morgan fingerprint density at radius 1 is 1.50 bits per heavy atom. The van der Waals surface area contributed by atoms with Crippen molar-refractivity contribution in [3.8, 4) is 5.88 Å². The van der Waals surface area contributed by atoms with Crippen LogP contribution < -0.4 is 10.1 Å². The maximum absolute atomic E-state index is 11.0. The van der Waals surface area contributed by atoms with Crippen molar-refractivity contribution in [3.05, 3.63) is 22.2 Å². The van der Waals surface area contributed by atoms with Crippen LogP contribution in [0, 0.1) is 16.0 Å². The lowest BCUT2D eigenvalue weighted by molar-refractivity contribution is -0.384. The van der Waals surface area contributed by atoms with E-state index in [1.54, 1.807) is 0 Å². The van der Waals surface area contributed by atoms with Crippen molar-refractivity contribution in [2.45, 2.75) is 31.8 Å². The molecule has 0 spiro atoms. The van der Waals surface area contributed by atoms with Crippen molar-refractivity contribution in [1.82, 2.24) is 4.98 Å². The van der Waals surface area contributed by atoms with Gasteiger partial charge in [0.05, 0.1) is 18.1 Å². The summed E-state index contributed by atoms with van der Waals surface area (Å²) in [5.41, 5.74) is -0.0869. The molecule has 7 heteroatoms. The molecule has 0 aliphatic heterocycles. The summed E-state index contributed by atoms with van der Waals surface area (Å²) >= 11 is 0. The maximum atomic E-state index is 11.0. The normalized spacial score (nSPS) is 22.3. The maximum Gasteiger partial charge on any atom is 0.311 e. The number of ether oxygens (including phenoxy) is 1. The highest BCUT2D eigenvalue weighted by atomic mass is 16.6. The smallest absolute Gasteiger partial charge is 0.311 e. The molecule has 2 unspecified atom stereocenters. The lowest BCUT2D eigenvalue weighted by atomic mass is 9.86. The van der Waals surface area contributed by atoms with Gasteiger partial charge in [-0.05, 0) is 12.8 Å². The van der Waals surface area contributed by atoms with Gasteiger partial charge in [-0.1, -0.05) is 12.8 Å². The van der Waals surface area contributed by atoms with Crippen LogP contribution in [-0.2, 0) is 0 Å². The average molecular weight is 281 g/mol. The first-order chi connectivity index (χ1) is 9.61. The number of aliphatic hydroxyl groups excluding tert-OH is 1. The highest BCUT2D eigenvalue weighted by Gasteiger charge is 2.24. The molecular weight excluding hydrogens is 262 g/mol. The third-order valence-corrected chi connectivity index (χ3v) is 3.65. The number of nitro groups is 1. The zero-order valence-corrected chi connectivity index (χ0v) is 11.4. The van der Waals surface area contributed by atoms with Gasteiger partial charge in [0.1, 0.15) is 0 Å². The van der Waals surface area contributed by atoms with Gasteiger partial charge in [-0.25, -0.2) is 0 Å². The standard InChI is InChI=1S/C13H19N3O4/c1-20-12-7-6-10(16(18)19)13(15-12)14-8-9-4-2-3-5-11(9)17/h6-7,9,11,17H,2-5,8H2,1H3,(H,14,15). The molecule has 1 fully saturated rings. The topological polar surface area (TPSA) is 97.5 Å². The van der Waals surface area contributed by atoms with Crippen molar-refractivity contribution < 1.29 is 14.8 Å². The molecule has 1 aromatic heterocycles. The Bertz CT molecular complexity index is 481. The SMILES string of the molecule is COc1ccc([N+](=O)[O-])c(NCC2CCCCC2O)n1. The quantitative estimate of drug-likeness (QED) is 0.632. The molecule has 1 saturated carbocycles. The molecule has 0 amide bonds. The zero-order valence-electron chi connectivity index (χ0n) is 11.4. The van der Waals surface area contributed by atoms with Crippen molar-refractivity contribution in [2.24, 2.45) is 5.92 Å². The first kappa shape index (κ1) is 14.5. The van der Waals surface area contributed by atoms with E-state index in [0.29, 0.717) is 12.4 Å². The third-order valence-electron chi connectivity index (χ3n) is 3.65. The number of aromatic nitrogens is 1. The summed E-state index contributed by atoms with van der Waals surface area (Å²) in [5.74, 6) is 0.616. The van der Waals surface area contributed by atoms with Crippen LogP contribution in [0.3, 0.4) is 0 Å². The number of anilines is 1. The van der Waals surface area contributed by atoms with E-state index in [4.69, 9.17) is 4.74 Å². The Morgan fingerprint density at radius 3 is 2.90 bits per heavy atom. The fourth-order valence-electron chi connectivity index (χ4n) is 2.48. The largest absolute Gasteiger partial charge is 0.481 e. The molecule has 2 atom stereocenters. The molecule has 1 aromatic rings. The predicted octanol–water partition coefficient (Wildman–Crippen LogP) is 1.96. The van der Waals surface area contributed by atoms with Gasteiger partial charge < -0.3 is 15.2 Å². The number of methoxy groups -OCH3 is 1. The van der Waals surface area contributed by atoms with Crippen LogP contribution in [0.4, 0.5) is 11.5 Å². The molecule has 0 saturated heterocycles. The van der Waals surface area contributed by atoms with Crippen molar-refractivity contribution >= 4 is 11.5 Å². The Morgan fingerprint density at radius 2 is 2.25 bits per heavy atom. The zero-order chi connectivity index (χ0) is 14.5. The van der Waals surface area contributed by atoms with Crippen molar-refractivity contribution in [2.75, 3.05) is 19.0 Å². The third kappa shape index (κ3) is 3.36. The Labute approximate surface area is 117 Å². The molecule has 2 rings (SSSR count). The summed E-state index contributed by atoms with van der Waals surface area (Å²) in [6, 6.07) is 2.82. The summed E-state index contributed by atoms with van der Waals surface area (Å²) in [6.45, 7) is 0.474. The molecule has 1 aliphatic carbocycles. The fourth-order valence-corrected chi connectivity index (χ4v) is 2.48. The van der Waals surface area contributed by atoms with Crippen LogP contribution in [0.15, 0.2) is 12.1 Å². The lowest BCUT2D eigenvalue weighted by Gasteiger charge is -2.27. The minimum absolute atomic E-state index is 0.0869. The van der Waals surface area contributed by atoms with Crippen LogP contribution in [0.2, 0.25) is 0 Å². The Kier molecular flexibility index (Phi) is 4.73. The summed E-state index contributed by atoms with van der Waals surface area (Å²) in [7, 11) is 1.46. The monoisotopic (exact) mass is 281 g/mol. The van der Waals surface area contributed by atoms with Gasteiger partial charge in [-0.2, -0.15) is 4.98 Å². The highest BCUT2D eigenvalue weighted by molar-refractivity contribution is 5.57. The summed E-state index contributed by atoms with van der Waals surface area (Å²) in [5, 5.41) is 23.9. The van der Waals surface area contributed by atoms with E-state index in [1.807, 2.05) is 0 Å². The lowest BCUT2D eigenvalue weighted by Crippen LogP contribution is -2.30. The van der Waals surface area contributed by atoms with Gasteiger partial charge >= 0.3 is 5.69 Å². The molecule has 1 aliphatic rings. The molecular formula is C13H19N3O4. The summed E-state index contributed by atoms with van der Waals surface area (Å²) in [4.78, 5) is 14.6. The van der Waals surface area contributed by atoms with Crippen LogP contribution in [-0.4, -0.2) is 34.8 Å². The second-order valence-electron chi connectivity index (χ2n) is 4.97. The number of nitrogens with one attached hydrogen (secondary N) is 1. The van der Waals surface area contributed by atoms with Crippen molar-refractivity contribution in [1.29, 1.82) is 0 Å². The van der Waals surface area contributed by atoms with E-state index in [1.165, 1.54) is 19.2 Å². The fraction of sp³-hybridized carbons (Fsp3) is 0.615. The molecule has 0 radical (unpaired) electrons. The molecule has 110 valence electrons. The predicted molar refractivity (Wildman–Crippen MR) is 73.9 cm³/mol. The van der Waals surface area contributed by atoms with E-state index in [9.17, 15) is 15.2 Å². The van der Waals surface area contributed by atoms with Crippen molar-refractivity contribution in [3.63, 3.8) is 0 Å². The van der Waals surface area contributed by atoms with Crippen LogP contribution in [0.1, 0.15) is 25.7 Å². The van der Waals surface area contributed by atoms with Gasteiger partial charge in [0.15, 0.2) is 0 Å². The molecule has 0 bridgehead atoms. The first-order valence-electron chi connectivity index (χ1n) is 6.73. The number of hydrogen-bond acceptors (Lipinski definition) is 6. The first-order valence-corrected chi connectivity index (χ1v) is 6.73.